The average molecular weight is 441 g/mol. The number of hydrogen-bond acceptors (Lipinski definition) is 0. The molecule has 0 heterocycles. The van der Waals surface area contributed by atoms with Crippen molar-refractivity contribution in [1.29, 1.82) is 0 Å². The fraction of sp³-hybridized carbons (Fsp3) is 0.438. The summed E-state index contributed by atoms with van der Waals surface area (Å²) in [4.78, 5) is 0. The number of fused-ring (bicyclic) bond motifs is 1. The molecule has 0 aliphatic heterocycles. The van der Waals surface area contributed by atoms with Crippen LogP contribution in [0.3, 0.4) is 0 Å². The zero-order valence-corrected chi connectivity index (χ0v) is 20.3. The van der Waals surface area contributed by atoms with Crippen molar-refractivity contribution in [2.24, 2.45) is 11.8 Å². The highest BCUT2D eigenvalue weighted by Crippen LogP contribution is 2.35. The zero-order valence-electron chi connectivity index (χ0n) is 20.3. The van der Waals surface area contributed by atoms with Gasteiger partial charge in [0, 0.05) is 16.5 Å². The van der Waals surface area contributed by atoms with E-state index in [9.17, 15) is 0 Å². The molecule has 0 spiro atoms. The van der Waals surface area contributed by atoms with Crippen molar-refractivity contribution in [3.05, 3.63) is 82.7 Å². The van der Waals surface area contributed by atoms with Gasteiger partial charge < -0.3 is 0 Å². The first-order valence-corrected chi connectivity index (χ1v) is 12.9. The first kappa shape index (κ1) is 23.6. The number of aryl methyl sites for hydroxylation is 2. The van der Waals surface area contributed by atoms with Crippen molar-refractivity contribution in [3.63, 3.8) is 0 Å². The molecular weight excluding hydrogens is 403 g/mol. The Morgan fingerprint density at radius 2 is 1.45 bits per heavy atom. The summed E-state index contributed by atoms with van der Waals surface area (Å²) in [5.74, 6) is 8.09. The topological polar surface area (TPSA) is 0 Å². The van der Waals surface area contributed by atoms with Gasteiger partial charge in [-0.1, -0.05) is 106 Å². The lowest BCUT2D eigenvalue weighted by atomic mass is 9.77. The van der Waals surface area contributed by atoms with Gasteiger partial charge in [0.15, 0.2) is 0 Å². The summed E-state index contributed by atoms with van der Waals surface area (Å²) in [6, 6.07) is 18.1. The van der Waals surface area contributed by atoms with Crippen LogP contribution >= 0.6 is 0 Å². The van der Waals surface area contributed by atoms with Crippen molar-refractivity contribution in [3.8, 4) is 11.8 Å². The number of hydrogen-bond donors (Lipinski definition) is 0. The predicted octanol–water partition coefficient (Wildman–Crippen LogP) is 9.01. The van der Waals surface area contributed by atoms with Crippen molar-refractivity contribution in [1.82, 2.24) is 0 Å². The van der Waals surface area contributed by atoms with Crippen LogP contribution in [0.2, 0.25) is 0 Å². The van der Waals surface area contributed by atoms with Crippen molar-refractivity contribution in [2.45, 2.75) is 78.1 Å². The van der Waals surface area contributed by atoms with E-state index in [2.05, 4.69) is 43.9 Å². The van der Waals surface area contributed by atoms with Crippen molar-refractivity contribution in [2.75, 3.05) is 0 Å². The van der Waals surface area contributed by atoms with Crippen molar-refractivity contribution >= 4 is 10.8 Å². The molecule has 0 amide bonds. The van der Waals surface area contributed by atoms with Gasteiger partial charge in [0.1, 0.15) is 5.82 Å². The maximum atomic E-state index is 15.2. The maximum Gasteiger partial charge on any atom is 0.134 e. The Morgan fingerprint density at radius 1 is 0.788 bits per heavy atom. The van der Waals surface area contributed by atoms with Crippen LogP contribution in [0, 0.1) is 36.4 Å². The second-order valence-corrected chi connectivity index (χ2v) is 10.0. The van der Waals surface area contributed by atoms with Gasteiger partial charge in [-0.3, -0.25) is 0 Å². The Morgan fingerprint density at radius 3 is 2.18 bits per heavy atom. The average Bonchev–Trinajstić information content (AvgIpc) is 2.84. The fourth-order valence-electron chi connectivity index (χ4n) is 5.24. The van der Waals surface area contributed by atoms with Gasteiger partial charge in [-0.15, -0.1) is 0 Å². The minimum Gasteiger partial charge on any atom is -0.206 e. The fourth-order valence-corrected chi connectivity index (χ4v) is 5.24. The minimum absolute atomic E-state index is 0.0428. The van der Waals surface area contributed by atoms with Gasteiger partial charge in [-0.2, -0.15) is 0 Å². The van der Waals surface area contributed by atoms with Crippen LogP contribution in [0.5, 0.6) is 0 Å². The Kier molecular flexibility index (Phi) is 8.22. The second-order valence-electron chi connectivity index (χ2n) is 10.0. The maximum absolute atomic E-state index is 15.2. The molecule has 0 aromatic heterocycles. The van der Waals surface area contributed by atoms with Crippen LogP contribution < -0.4 is 0 Å². The lowest BCUT2D eigenvalue weighted by molar-refractivity contribution is 0.249. The smallest absolute Gasteiger partial charge is 0.134 e. The first-order chi connectivity index (χ1) is 16.1. The normalized spacial score (nSPS) is 18.2. The van der Waals surface area contributed by atoms with Crippen molar-refractivity contribution < 1.29 is 4.39 Å². The SMILES string of the molecule is CCCCCC1CCC(CCc2ccc3cc(C#Cc4ccc(C)cc4)ccc3c2F)CC1. The molecule has 1 aliphatic rings. The molecule has 0 nitrogen and oxygen atoms in total. The van der Waals surface area contributed by atoms with E-state index in [1.807, 2.05) is 36.4 Å². The summed E-state index contributed by atoms with van der Waals surface area (Å²) < 4.78 is 15.2. The van der Waals surface area contributed by atoms with E-state index in [0.717, 1.165) is 46.8 Å². The predicted molar refractivity (Wildman–Crippen MR) is 139 cm³/mol. The van der Waals surface area contributed by atoms with E-state index in [-0.39, 0.29) is 5.82 Å². The monoisotopic (exact) mass is 440 g/mol. The molecule has 33 heavy (non-hydrogen) atoms. The van der Waals surface area contributed by atoms with Crippen LogP contribution in [0.4, 0.5) is 4.39 Å². The molecule has 1 aliphatic carbocycles. The van der Waals surface area contributed by atoms with Crippen LogP contribution in [-0.2, 0) is 6.42 Å². The molecule has 0 atom stereocenters. The Bertz CT molecular complexity index is 1100. The van der Waals surface area contributed by atoms with Crippen LogP contribution in [0.25, 0.3) is 10.8 Å². The molecule has 3 aromatic carbocycles. The van der Waals surface area contributed by atoms with Gasteiger partial charge in [-0.05, 0) is 66.8 Å². The standard InChI is InChI=1S/C32H37F/c1-3-4-5-6-25-11-13-27(14-12-25)17-19-29-20-21-30-23-28(18-22-31(30)32(29)33)16-15-26-9-7-24(2)8-10-26/h7-10,18,20-23,25,27H,3-6,11-14,17,19H2,1-2H3. The second kappa shape index (κ2) is 11.5. The van der Waals surface area contributed by atoms with E-state index in [1.54, 1.807) is 0 Å². The quantitative estimate of drug-likeness (QED) is 0.254. The van der Waals surface area contributed by atoms with Crippen LogP contribution in [0.15, 0.2) is 54.6 Å². The van der Waals surface area contributed by atoms with E-state index in [1.165, 1.54) is 56.9 Å². The van der Waals surface area contributed by atoms with Crippen LogP contribution in [0.1, 0.15) is 87.0 Å². The Hall–Kier alpha value is -2.59. The lowest BCUT2D eigenvalue weighted by Crippen LogP contribution is -2.15. The molecule has 4 rings (SSSR count). The summed E-state index contributed by atoms with van der Waals surface area (Å²) in [7, 11) is 0. The molecular formula is C32H37F. The Balaban J connectivity index is 1.36. The summed E-state index contributed by atoms with van der Waals surface area (Å²) in [6.45, 7) is 4.35. The summed E-state index contributed by atoms with van der Waals surface area (Å²) >= 11 is 0. The third-order valence-electron chi connectivity index (χ3n) is 7.44. The van der Waals surface area contributed by atoms with Gasteiger partial charge in [0.05, 0.1) is 0 Å². The van der Waals surface area contributed by atoms with Gasteiger partial charge >= 0.3 is 0 Å². The highest BCUT2D eigenvalue weighted by Gasteiger charge is 2.21. The van der Waals surface area contributed by atoms with E-state index >= 15 is 4.39 Å². The third-order valence-corrected chi connectivity index (χ3v) is 7.44. The Labute approximate surface area is 199 Å². The van der Waals surface area contributed by atoms with E-state index in [4.69, 9.17) is 0 Å². The van der Waals surface area contributed by atoms with E-state index < -0.39 is 0 Å². The van der Waals surface area contributed by atoms with Gasteiger partial charge in [0.2, 0.25) is 0 Å². The molecule has 0 unspecified atom stereocenters. The number of rotatable bonds is 7. The highest BCUT2D eigenvalue weighted by atomic mass is 19.1. The molecule has 0 N–H and O–H groups in total. The number of halogens is 1. The highest BCUT2D eigenvalue weighted by molar-refractivity contribution is 5.85. The number of unbranched alkanes of at least 4 members (excludes halogenated alkanes) is 2. The summed E-state index contributed by atoms with van der Waals surface area (Å²) in [5, 5.41) is 1.65. The minimum atomic E-state index is -0.0428. The third kappa shape index (κ3) is 6.48. The molecule has 1 heteroatoms. The van der Waals surface area contributed by atoms with E-state index in [0.29, 0.717) is 5.39 Å². The molecule has 0 bridgehead atoms. The zero-order chi connectivity index (χ0) is 23.0. The molecule has 1 fully saturated rings. The molecule has 1 saturated carbocycles. The van der Waals surface area contributed by atoms with Crippen LogP contribution in [-0.4, -0.2) is 0 Å². The molecule has 0 saturated heterocycles. The molecule has 3 aromatic rings. The lowest BCUT2D eigenvalue weighted by Gasteiger charge is -2.28. The largest absolute Gasteiger partial charge is 0.206 e. The molecule has 172 valence electrons. The number of benzene rings is 3. The van der Waals surface area contributed by atoms with Gasteiger partial charge in [0.25, 0.3) is 0 Å². The summed E-state index contributed by atoms with van der Waals surface area (Å²) in [5.41, 5.74) is 4.02. The van der Waals surface area contributed by atoms with Gasteiger partial charge in [-0.25, -0.2) is 4.39 Å². The first-order valence-electron chi connectivity index (χ1n) is 12.9. The summed E-state index contributed by atoms with van der Waals surface area (Å²) in [6.07, 6.45) is 12.9. The molecule has 0 radical (unpaired) electrons.